The van der Waals surface area contributed by atoms with E-state index in [0.29, 0.717) is 12.1 Å². The highest BCUT2D eigenvalue weighted by Gasteiger charge is 2.29. The number of nitrogens with one attached hydrogen (secondary N) is 1. The van der Waals surface area contributed by atoms with Gasteiger partial charge >= 0.3 is 5.97 Å². The van der Waals surface area contributed by atoms with E-state index in [-0.39, 0.29) is 12.0 Å². The molecule has 0 heterocycles. The molecule has 1 saturated carbocycles. The normalized spacial score (nSPS) is 17.5. The minimum Gasteiger partial charge on any atom is -0.468 e. The van der Waals surface area contributed by atoms with Crippen LogP contribution in [0.4, 0.5) is 0 Å². The summed E-state index contributed by atoms with van der Waals surface area (Å²) in [5, 5.41) is 3.36. The van der Waals surface area contributed by atoms with Crippen molar-refractivity contribution in [2.75, 3.05) is 20.2 Å². The number of esters is 1. The Morgan fingerprint density at radius 3 is 2.53 bits per heavy atom. The SMILES string of the molecule is CCN(CCC(NC1CC1)C(=O)OC)C(C)C. The quantitative estimate of drug-likeness (QED) is 0.653. The molecule has 4 nitrogen and oxygen atoms in total. The van der Waals surface area contributed by atoms with Crippen LogP contribution < -0.4 is 5.32 Å². The Labute approximate surface area is 105 Å². The number of hydrogen-bond donors (Lipinski definition) is 1. The summed E-state index contributed by atoms with van der Waals surface area (Å²) in [7, 11) is 1.46. The summed E-state index contributed by atoms with van der Waals surface area (Å²) < 4.78 is 4.85. The number of rotatable bonds is 8. The molecule has 1 N–H and O–H groups in total. The van der Waals surface area contributed by atoms with Gasteiger partial charge in [-0.3, -0.25) is 4.79 Å². The van der Waals surface area contributed by atoms with E-state index in [1.807, 2.05) is 0 Å². The van der Waals surface area contributed by atoms with Crippen LogP contribution in [-0.4, -0.2) is 49.2 Å². The largest absolute Gasteiger partial charge is 0.468 e. The minimum atomic E-state index is -0.139. The first-order chi connectivity index (χ1) is 8.08. The standard InChI is InChI=1S/C13H26N2O2/c1-5-15(10(2)3)9-8-12(13(16)17-4)14-11-6-7-11/h10-12,14H,5-9H2,1-4H3. The van der Waals surface area contributed by atoms with Gasteiger partial charge in [0.2, 0.25) is 0 Å². The summed E-state index contributed by atoms with van der Waals surface area (Å²) in [6, 6.07) is 0.924. The molecular formula is C13H26N2O2. The van der Waals surface area contributed by atoms with Crippen molar-refractivity contribution < 1.29 is 9.53 Å². The van der Waals surface area contributed by atoms with Gasteiger partial charge in [0.25, 0.3) is 0 Å². The molecule has 0 aromatic carbocycles. The first kappa shape index (κ1) is 14.5. The highest BCUT2D eigenvalue weighted by molar-refractivity contribution is 5.75. The summed E-state index contributed by atoms with van der Waals surface area (Å²) in [6.45, 7) is 8.49. The minimum absolute atomic E-state index is 0.128. The Balaban J connectivity index is 2.38. The predicted octanol–water partition coefficient (Wildman–Crippen LogP) is 1.40. The van der Waals surface area contributed by atoms with Crippen molar-refractivity contribution in [3.05, 3.63) is 0 Å². The van der Waals surface area contributed by atoms with Crippen molar-refractivity contribution in [1.29, 1.82) is 0 Å². The van der Waals surface area contributed by atoms with E-state index in [4.69, 9.17) is 4.74 Å². The van der Waals surface area contributed by atoms with Crippen molar-refractivity contribution in [2.24, 2.45) is 0 Å². The highest BCUT2D eigenvalue weighted by Crippen LogP contribution is 2.20. The van der Waals surface area contributed by atoms with Crippen molar-refractivity contribution >= 4 is 5.97 Å². The maximum atomic E-state index is 11.6. The lowest BCUT2D eigenvalue weighted by atomic mass is 10.1. The molecule has 1 rings (SSSR count). The number of carbonyl (C=O) groups excluding carboxylic acids is 1. The fraction of sp³-hybridized carbons (Fsp3) is 0.923. The van der Waals surface area contributed by atoms with E-state index in [2.05, 4.69) is 31.0 Å². The van der Waals surface area contributed by atoms with Crippen LogP contribution in [0.1, 0.15) is 40.0 Å². The summed E-state index contributed by atoms with van der Waals surface area (Å²) in [5.41, 5.74) is 0. The van der Waals surface area contributed by atoms with Gasteiger partial charge in [0.1, 0.15) is 6.04 Å². The molecule has 17 heavy (non-hydrogen) atoms. The second-order valence-electron chi connectivity index (χ2n) is 5.03. The zero-order valence-electron chi connectivity index (χ0n) is 11.5. The summed E-state index contributed by atoms with van der Waals surface area (Å²) in [6.07, 6.45) is 3.21. The van der Waals surface area contributed by atoms with E-state index in [0.717, 1.165) is 19.5 Å². The number of nitrogens with zero attached hydrogens (tertiary/aromatic N) is 1. The lowest BCUT2D eigenvalue weighted by Gasteiger charge is -2.26. The van der Waals surface area contributed by atoms with Crippen LogP contribution in [0.2, 0.25) is 0 Å². The number of carbonyl (C=O) groups is 1. The summed E-state index contributed by atoms with van der Waals surface area (Å²) in [5.74, 6) is -0.128. The molecule has 0 amide bonds. The third-order valence-electron chi connectivity index (χ3n) is 3.34. The van der Waals surface area contributed by atoms with Gasteiger partial charge in [-0.25, -0.2) is 0 Å². The molecule has 1 aliphatic carbocycles. The number of ether oxygens (including phenoxy) is 1. The van der Waals surface area contributed by atoms with Crippen LogP contribution in [0, 0.1) is 0 Å². The highest BCUT2D eigenvalue weighted by atomic mass is 16.5. The molecule has 100 valence electrons. The molecule has 0 saturated heterocycles. The predicted molar refractivity (Wildman–Crippen MR) is 69.0 cm³/mol. The summed E-state index contributed by atoms with van der Waals surface area (Å²) in [4.78, 5) is 14.0. The van der Waals surface area contributed by atoms with Gasteiger partial charge in [-0.2, -0.15) is 0 Å². The van der Waals surface area contributed by atoms with Crippen LogP contribution in [-0.2, 0) is 9.53 Å². The lowest BCUT2D eigenvalue weighted by Crippen LogP contribution is -2.42. The number of hydrogen-bond acceptors (Lipinski definition) is 4. The monoisotopic (exact) mass is 242 g/mol. The molecule has 0 aromatic rings. The molecule has 1 atom stereocenters. The van der Waals surface area contributed by atoms with Crippen LogP contribution in [0.25, 0.3) is 0 Å². The Bertz CT molecular complexity index is 240. The third-order valence-corrected chi connectivity index (χ3v) is 3.34. The molecule has 1 unspecified atom stereocenters. The zero-order chi connectivity index (χ0) is 12.8. The fourth-order valence-electron chi connectivity index (χ4n) is 2.02. The lowest BCUT2D eigenvalue weighted by molar-refractivity contribution is -0.143. The van der Waals surface area contributed by atoms with Gasteiger partial charge in [-0.1, -0.05) is 6.92 Å². The van der Waals surface area contributed by atoms with Crippen molar-refractivity contribution in [1.82, 2.24) is 10.2 Å². The van der Waals surface area contributed by atoms with Crippen molar-refractivity contribution in [3.8, 4) is 0 Å². The van der Waals surface area contributed by atoms with Gasteiger partial charge in [0, 0.05) is 18.6 Å². The molecule has 4 heteroatoms. The van der Waals surface area contributed by atoms with Gasteiger partial charge in [0.15, 0.2) is 0 Å². The van der Waals surface area contributed by atoms with Gasteiger partial charge in [0.05, 0.1) is 7.11 Å². The topological polar surface area (TPSA) is 41.6 Å². The average molecular weight is 242 g/mol. The van der Waals surface area contributed by atoms with Crippen LogP contribution >= 0.6 is 0 Å². The molecule has 0 aromatic heterocycles. The Morgan fingerprint density at radius 2 is 2.12 bits per heavy atom. The van der Waals surface area contributed by atoms with Gasteiger partial charge in [-0.05, 0) is 39.7 Å². The van der Waals surface area contributed by atoms with E-state index >= 15 is 0 Å². The Morgan fingerprint density at radius 1 is 1.47 bits per heavy atom. The van der Waals surface area contributed by atoms with E-state index in [1.54, 1.807) is 0 Å². The molecule has 0 aliphatic heterocycles. The third kappa shape index (κ3) is 5.04. The number of methoxy groups -OCH3 is 1. The first-order valence-electron chi connectivity index (χ1n) is 6.66. The molecule has 1 aliphatic rings. The maximum Gasteiger partial charge on any atom is 0.322 e. The fourth-order valence-corrected chi connectivity index (χ4v) is 2.02. The zero-order valence-corrected chi connectivity index (χ0v) is 11.5. The van der Waals surface area contributed by atoms with Gasteiger partial charge in [-0.15, -0.1) is 0 Å². The molecular weight excluding hydrogens is 216 g/mol. The van der Waals surface area contributed by atoms with Gasteiger partial charge < -0.3 is 15.0 Å². The van der Waals surface area contributed by atoms with E-state index in [9.17, 15) is 4.79 Å². The maximum absolute atomic E-state index is 11.6. The second kappa shape index (κ2) is 6.97. The average Bonchev–Trinajstić information content (AvgIpc) is 3.10. The van der Waals surface area contributed by atoms with Crippen molar-refractivity contribution in [2.45, 2.75) is 58.2 Å². The Hall–Kier alpha value is -0.610. The smallest absolute Gasteiger partial charge is 0.322 e. The molecule has 1 fully saturated rings. The molecule has 0 spiro atoms. The van der Waals surface area contributed by atoms with E-state index < -0.39 is 0 Å². The summed E-state index contributed by atoms with van der Waals surface area (Å²) >= 11 is 0. The van der Waals surface area contributed by atoms with Crippen LogP contribution in [0.15, 0.2) is 0 Å². The van der Waals surface area contributed by atoms with Crippen LogP contribution in [0.5, 0.6) is 0 Å². The molecule has 0 radical (unpaired) electrons. The van der Waals surface area contributed by atoms with Crippen molar-refractivity contribution in [3.63, 3.8) is 0 Å². The second-order valence-corrected chi connectivity index (χ2v) is 5.03. The first-order valence-corrected chi connectivity index (χ1v) is 6.66. The van der Waals surface area contributed by atoms with Crippen LogP contribution in [0.3, 0.4) is 0 Å². The molecule has 0 bridgehead atoms. The Kier molecular flexibility index (Phi) is 5.92. The van der Waals surface area contributed by atoms with E-state index in [1.165, 1.54) is 20.0 Å².